The average molecular weight is 477 g/mol. The molecule has 4 aromatic rings. The lowest BCUT2D eigenvalue weighted by Crippen LogP contribution is -2.37. The van der Waals surface area contributed by atoms with Crippen LogP contribution in [0.1, 0.15) is 18.1 Å². The van der Waals surface area contributed by atoms with Crippen LogP contribution in [0.4, 0.5) is 0 Å². The minimum atomic E-state index is 0.119. The van der Waals surface area contributed by atoms with Crippen molar-refractivity contribution in [3.63, 3.8) is 0 Å². The lowest BCUT2D eigenvalue weighted by Gasteiger charge is -2.28. The number of fused-ring (bicyclic) bond motifs is 1. The number of rotatable bonds is 7. The van der Waals surface area contributed by atoms with Crippen LogP contribution in [0, 0.1) is 0 Å². The van der Waals surface area contributed by atoms with Gasteiger partial charge in [-0.25, -0.2) is 0 Å². The minimum Gasteiger partial charge on any atom is -0.494 e. The molecule has 168 valence electrons. The van der Waals surface area contributed by atoms with E-state index in [-0.39, 0.29) is 5.91 Å². The van der Waals surface area contributed by atoms with E-state index in [0.29, 0.717) is 24.1 Å². The Morgan fingerprint density at radius 1 is 1.06 bits per heavy atom. The van der Waals surface area contributed by atoms with Crippen LogP contribution in [-0.4, -0.2) is 44.5 Å². The highest BCUT2D eigenvalue weighted by Gasteiger charge is 2.23. The van der Waals surface area contributed by atoms with E-state index >= 15 is 0 Å². The molecule has 1 aliphatic rings. The summed E-state index contributed by atoms with van der Waals surface area (Å²) in [6.07, 6.45) is 0.900. The zero-order valence-corrected chi connectivity index (χ0v) is 19.9. The van der Waals surface area contributed by atoms with E-state index in [1.807, 2.05) is 64.2 Å². The molecule has 0 saturated carbocycles. The topological polar surface area (TPSA) is 60.2 Å². The van der Waals surface area contributed by atoms with Gasteiger partial charge in [0.1, 0.15) is 5.75 Å². The molecule has 0 radical (unpaired) electrons. The molecule has 2 aromatic heterocycles. The Morgan fingerprint density at radius 3 is 2.64 bits per heavy atom. The van der Waals surface area contributed by atoms with Gasteiger partial charge in [0.2, 0.25) is 5.91 Å². The van der Waals surface area contributed by atoms with Crippen molar-refractivity contribution in [2.75, 3.05) is 18.9 Å². The Bertz CT molecular complexity index is 1240. The maximum atomic E-state index is 13.0. The summed E-state index contributed by atoms with van der Waals surface area (Å²) >= 11 is 3.05. The van der Waals surface area contributed by atoms with E-state index in [0.717, 1.165) is 35.1 Å². The summed E-state index contributed by atoms with van der Waals surface area (Å²) in [5.41, 5.74) is 3.51. The number of ether oxygens (including phenoxy) is 1. The number of benzene rings is 2. The monoisotopic (exact) mass is 476 g/mol. The number of thiophene rings is 1. The van der Waals surface area contributed by atoms with Crippen LogP contribution in [0.3, 0.4) is 0 Å². The molecular weight excluding hydrogens is 452 g/mol. The first-order valence-electron chi connectivity index (χ1n) is 10.9. The van der Waals surface area contributed by atoms with Crippen molar-refractivity contribution in [1.82, 2.24) is 19.7 Å². The SMILES string of the molecule is CCOc1ccc(-n2c(SCC(=O)N3CCc4ccccc4C3)nnc2-c2cccs2)cc1. The lowest BCUT2D eigenvalue weighted by atomic mass is 10.00. The fraction of sp³-hybridized carbons (Fsp3) is 0.240. The standard InChI is InChI=1S/C25H24N4O2S2/c1-2-31-21-11-9-20(10-12-21)29-24(22-8-5-15-32-22)26-27-25(29)33-17-23(30)28-14-13-18-6-3-4-7-19(18)16-28/h3-12,15H,2,13-14,16-17H2,1H3. The van der Waals surface area contributed by atoms with Crippen molar-refractivity contribution >= 4 is 29.0 Å². The second-order valence-corrected chi connectivity index (χ2v) is 9.56. The van der Waals surface area contributed by atoms with Gasteiger partial charge in [0.05, 0.1) is 22.9 Å². The van der Waals surface area contributed by atoms with E-state index < -0.39 is 0 Å². The van der Waals surface area contributed by atoms with Crippen molar-refractivity contribution in [2.24, 2.45) is 0 Å². The van der Waals surface area contributed by atoms with E-state index in [1.165, 1.54) is 22.9 Å². The minimum absolute atomic E-state index is 0.119. The highest BCUT2D eigenvalue weighted by atomic mass is 32.2. The molecule has 0 spiro atoms. The summed E-state index contributed by atoms with van der Waals surface area (Å²) in [5, 5.41) is 11.6. The van der Waals surface area contributed by atoms with Crippen LogP contribution < -0.4 is 4.74 Å². The van der Waals surface area contributed by atoms with Crippen LogP contribution in [0.5, 0.6) is 5.75 Å². The van der Waals surface area contributed by atoms with Crippen molar-refractivity contribution in [3.05, 3.63) is 77.2 Å². The second-order valence-electron chi connectivity index (χ2n) is 7.67. The van der Waals surface area contributed by atoms with Crippen molar-refractivity contribution in [3.8, 4) is 22.1 Å². The molecule has 0 bridgehead atoms. The number of hydrogen-bond acceptors (Lipinski definition) is 6. The normalized spacial score (nSPS) is 13.1. The first kappa shape index (κ1) is 21.7. The first-order valence-corrected chi connectivity index (χ1v) is 12.8. The van der Waals surface area contributed by atoms with Gasteiger partial charge in [0, 0.05) is 13.1 Å². The largest absolute Gasteiger partial charge is 0.494 e. The van der Waals surface area contributed by atoms with Gasteiger partial charge in [0.15, 0.2) is 11.0 Å². The van der Waals surface area contributed by atoms with Crippen LogP contribution in [0.25, 0.3) is 16.4 Å². The van der Waals surface area contributed by atoms with Gasteiger partial charge in [-0.15, -0.1) is 21.5 Å². The van der Waals surface area contributed by atoms with Gasteiger partial charge < -0.3 is 9.64 Å². The summed E-state index contributed by atoms with van der Waals surface area (Å²) in [6, 6.07) is 20.3. The van der Waals surface area contributed by atoms with Crippen LogP contribution in [-0.2, 0) is 17.8 Å². The molecular formula is C25H24N4O2S2. The zero-order chi connectivity index (χ0) is 22.6. The van der Waals surface area contributed by atoms with Crippen LogP contribution >= 0.6 is 23.1 Å². The molecule has 1 amide bonds. The average Bonchev–Trinajstić information content (AvgIpc) is 3.53. The molecule has 6 nitrogen and oxygen atoms in total. The Kier molecular flexibility index (Phi) is 6.46. The van der Waals surface area contributed by atoms with Crippen LogP contribution in [0.2, 0.25) is 0 Å². The molecule has 0 saturated heterocycles. The number of carbonyl (C=O) groups excluding carboxylic acids is 1. The van der Waals surface area contributed by atoms with E-state index in [1.54, 1.807) is 11.3 Å². The molecule has 2 aromatic carbocycles. The summed E-state index contributed by atoms with van der Waals surface area (Å²) in [6.45, 7) is 4.01. The maximum Gasteiger partial charge on any atom is 0.233 e. The van der Waals surface area contributed by atoms with E-state index in [4.69, 9.17) is 4.74 Å². The van der Waals surface area contributed by atoms with Gasteiger partial charge in [-0.3, -0.25) is 9.36 Å². The Morgan fingerprint density at radius 2 is 1.88 bits per heavy atom. The first-order chi connectivity index (χ1) is 16.2. The molecule has 0 atom stereocenters. The van der Waals surface area contributed by atoms with Gasteiger partial charge in [-0.1, -0.05) is 42.1 Å². The van der Waals surface area contributed by atoms with Crippen molar-refractivity contribution < 1.29 is 9.53 Å². The third kappa shape index (κ3) is 4.67. The fourth-order valence-corrected chi connectivity index (χ4v) is 5.50. The fourth-order valence-electron chi connectivity index (χ4n) is 3.95. The van der Waals surface area contributed by atoms with Crippen molar-refractivity contribution in [2.45, 2.75) is 25.0 Å². The molecule has 3 heterocycles. The zero-order valence-electron chi connectivity index (χ0n) is 18.3. The van der Waals surface area contributed by atoms with E-state index in [9.17, 15) is 4.79 Å². The number of carbonyl (C=O) groups is 1. The third-order valence-corrected chi connectivity index (χ3v) is 7.37. The molecule has 0 N–H and O–H groups in total. The van der Waals surface area contributed by atoms with Gasteiger partial charge in [0.25, 0.3) is 0 Å². The van der Waals surface area contributed by atoms with Gasteiger partial charge >= 0.3 is 0 Å². The Labute approximate surface area is 201 Å². The molecule has 8 heteroatoms. The summed E-state index contributed by atoms with van der Waals surface area (Å²) in [7, 11) is 0. The highest BCUT2D eigenvalue weighted by molar-refractivity contribution is 7.99. The van der Waals surface area contributed by atoms with Gasteiger partial charge in [-0.05, 0) is 60.2 Å². The number of amides is 1. The summed E-state index contributed by atoms with van der Waals surface area (Å²) < 4.78 is 7.61. The molecule has 0 fully saturated rings. The van der Waals surface area contributed by atoms with Crippen LogP contribution in [0.15, 0.2) is 71.2 Å². The molecule has 1 aliphatic heterocycles. The molecule has 0 aliphatic carbocycles. The molecule has 33 heavy (non-hydrogen) atoms. The number of nitrogens with zero attached hydrogens (tertiary/aromatic N) is 4. The van der Waals surface area contributed by atoms with E-state index in [2.05, 4.69) is 28.4 Å². The predicted octanol–water partition coefficient (Wildman–Crippen LogP) is 5.07. The maximum absolute atomic E-state index is 13.0. The smallest absolute Gasteiger partial charge is 0.233 e. The number of thioether (sulfide) groups is 1. The quantitative estimate of drug-likeness (QED) is 0.349. The predicted molar refractivity (Wildman–Crippen MR) is 132 cm³/mol. The Hall–Kier alpha value is -3.10. The van der Waals surface area contributed by atoms with Gasteiger partial charge in [-0.2, -0.15) is 0 Å². The Balaban J connectivity index is 1.36. The second kappa shape index (κ2) is 9.80. The highest BCUT2D eigenvalue weighted by Crippen LogP contribution is 2.31. The number of aromatic nitrogens is 3. The lowest BCUT2D eigenvalue weighted by molar-refractivity contribution is -0.129. The molecule has 5 rings (SSSR count). The molecule has 0 unspecified atom stereocenters. The van der Waals surface area contributed by atoms with Crippen molar-refractivity contribution in [1.29, 1.82) is 0 Å². The summed E-state index contributed by atoms with van der Waals surface area (Å²) in [5.74, 6) is 2.04. The summed E-state index contributed by atoms with van der Waals surface area (Å²) in [4.78, 5) is 16.0. The number of hydrogen-bond donors (Lipinski definition) is 0. The third-order valence-electron chi connectivity index (χ3n) is 5.59.